The van der Waals surface area contributed by atoms with E-state index in [1.54, 1.807) is 23.6 Å². The van der Waals surface area contributed by atoms with Crippen LogP contribution in [0.2, 0.25) is 0 Å². The summed E-state index contributed by atoms with van der Waals surface area (Å²) < 4.78 is 0. The van der Waals surface area contributed by atoms with Crippen LogP contribution in [0.25, 0.3) is 22.4 Å². The Balaban J connectivity index is 2.26. The summed E-state index contributed by atoms with van der Waals surface area (Å²) in [6.45, 7) is 4.07. The van der Waals surface area contributed by atoms with Crippen molar-refractivity contribution in [1.82, 2.24) is 9.97 Å². The third kappa shape index (κ3) is 2.74. The minimum atomic E-state index is -0.196. The number of hydrogen-bond acceptors (Lipinski definition) is 5. The number of nitriles is 1. The van der Waals surface area contributed by atoms with Gasteiger partial charge in [-0.2, -0.15) is 5.26 Å². The van der Waals surface area contributed by atoms with E-state index in [-0.39, 0.29) is 11.4 Å². The van der Waals surface area contributed by atoms with Gasteiger partial charge in [0.2, 0.25) is 5.56 Å². The van der Waals surface area contributed by atoms with Gasteiger partial charge in [-0.15, -0.1) is 11.3 Å². The van der Waals surface area contributed by atoms with Crippen LogP contribution in [-0.2, 0) is 0 Å². The van der Waals surface area contributed by atoms with Gasteiger partial charge in [0, 0.05) is 33.1 Å². The third-order valence-corrected chi connectivity index (χ3v) is 4.54. The fourth-order valence-electron chi connectivity index (χ4n) is 2.51. The van der Waals surface area contributed by atoms with Gasteiger partial charge in [0.25, 0.3) is 0 Å². The zero-order valence-corrected chi connectivity index (χ0v) is 13.5. The maximum Gasteiger partial charge on any atom is 0.247 e. The molecule has 0 saturated carbocycles. The van der Waals surface area contributed by atoms with Crippen molar-refractivity contribution in [3.8, 4) is 28.5 Å². The van der Waals surface area contributed by atoms with Gasteiger partial charge in [-0.25, -0.2) is 4.98 Å². The van der Waals surface area contributed by atoms with E-state index in [9.17, 15) is 10.1 Å². The zero-order valence-electron chi connectivity index (χ0n) is 12.7. The highest BCUT2D eigenvalue weighted by molar-refractivity contribution is 7.12. The van der Waals surface area contributed by atoms with E-state index in [1.165, 1.54) is 10.9 Å². The van der Waals surface area contributed by atoms with Crippen molar-refractivity contribution in [2.75, 3.05) is 5.73 Å². The molecule has 0 spiro atoms. The van der Waals surface area contributed by atoms with Gasteiger partial charge in [0.15, 0.2) is 0 Å². The molecule has 0 unspecified atom stereocenters. The zero-order chi connectivity index (χ0) is 16.6. The Morgan fingerprint density at radius 2 is 2.04 bits per heavy atom. The van der Waals surface area contributed by atoms with Crippen LogP contribution in [0.15, 0.2) is 35.3 Å². The molecule has 114 valence electrons. The van der Waals surface area contributed by atoms with E-state index in [0.717, 1.165) is 21.7 Å². The Kier molecular flexibility index (Phi) is 3.72. The number of nitrogens with one attached hydrogen (secondary N) is 1. The second kappa shape index (κ2) is 5.71. The molecule has 0 fully saturated rings. The molecule has 3 N–H and O–H groups in total. The van der Waals surface area contributed by atoms with Crippen LogP contribution < -0.4 is 11.3 Å². The molecule has 5 nitrogen and oxygen atoms in total. The molecule has 0 aromatic carbocycles. The molecule has 3 aromatic rings. The van der Waals surface area contributed by atoms with Crippen LogP contribution >= 0.6 is 11.3 Å². The molecule has 3 heterocycles. The average Bonchev–Trinajstić information content (AvgIpc) is 2.86. The molecule has 0 atom stereocenters. The van der Waals surface area contributed by atoms with Crippen LogP contribution in [0.3, 0.4) is 0 Å². The highest BCUT2D eigenvalue weighted by Gasteiger charge is 2.15. The Bertz CT molecular complexity index is 974. The Morgan fingerprint density at radius 3 is 2.61 bits per heavy atom. The van der Waals surface area contributed by atoms with Crippen LogP contribution in [0, 0.1) is 25.2 Å². The fourth-order valence-corrected chi connectivity index (χ4v) is 3.44. The number of nitrogens with two attached hydrogens (primary N) is 1. The summed E-state index contributed by atoms with van der Waals surface area (Å²) in [6, 6.07) is 9.10. The van der Waals surface area contributed by atoms with Gasteiger partial charge in [-0.05, 0) is 37.6 Å². The van der Waals surface area contributed by atoms with E-state index in [1.807, 2.05) is 19.9 Å². The largest absolute Gasteiger partial charge is 0.383 e. The molecular formula is C17H14N4OS. The molecular weight excluding hydrogens is 308 g/mol. The lowest BCUT2D eigenvalue weighted by Crippen LogP contribution is -2.03. The molecule has 0 bridgehead atoms. The molecule has 0 amide bonds. The smallest absolute Gasteiger partial charge is 0.247 e. The van der Waals surface area contributed by atoms with Gasteiger partial charge >= 0.3 is 0 Å². The number of nitrogen functional groups attached to an aromatic ring is 1. The van der Waals surface area contributed by atoms with Crippen molar-refractivity contribution >= 4 is 17.2 Å². The van der Waals surface area contributed by atoms with Crippen LogP contribution in [0.5, 0.6) is 0 Å². The Labute approximate surface area is 137 Å². The van der Waals surface area contributed by atoms with Crippen molar-refractivity contribution in [2.45, 2.75) is 13.8 Å². The maximum atomic E-state index is 11.3. The van der Waals surface area contributed by atoms with Gasteiger partial charge in [-0.3, -0.25) is 4.79 Å². The first-order valence-corrected chi connectivity index (χ1v) is 7.78. The number of rotatable bonds is 2. The van der Waals surface area contributed by atoms with E-state index >= 15 is 0 Å². The van der Waals surface area contributed by atoms with Gasteiger partial charge in [0.1, 0.15) is 17.5 Å². The SMILES string of the molecule is Cc1cc(-c2cc(-c3ccc(=O)[nH]c3)c(C#N)c(N)n2)c(C)s1. The monoisotopic (exact) mass is 322 g/mol. The van der Waals surface area contributed by atoms with Crippen molar-refractivity contribution < 1.29 is 0 Å². The third-order valence-electron chi connectivity index (χ3n) is 3.57. The lowest BCUT2D eigenvalue weighted by Gasteiger charge is -2.09. The molecule has 3 aromatic heterocycles. The van der Waals surface area contributed by atoms with Crippen LogP contribution in [0.4, 0.5) is 5.82 Å². The van der Waals surface area contributed by atoms with Gasteiger partial charge in [-0.1, -0.05) is 0 Å². The van der Waals surface area contributed by atoms with E-state index in [4.69, 9.17) is 5.73 Å². The number of H-pyrrole nitrogens is 1. The second-order valence-electron chi connectivity index (χ2n) is 5.20. The summed E-state index contributed by atoms with van der Waals surface area (Å²) >= 11 is 1.69. The normalized spacial score (nSPS) is 10.5. The topological polar surface area (TPSA) is 95.6 Å². The number of aromatic nitrogens is 2. The molecule has 0 saturated heterocycles. The number of thiophene rings is 1. The van der Waals surface area contributed by atoms with Crippen molar-refractivity contribution in [1.29, 1.82) is 5.26 Å². The minimum absolute atomic E-state index is 0.189. The van der Waals surface area contributed by atoms with E-state index in [0.29, 0.717) is 11.1 Å². The van der Waals surface area contributed by atoms with E-state index in [2.05, 4.69) is 22.1 Å². The van der Waals surface area contributed by atoms with Crippen LogP contribution in [-0.4, -0.2) is 9.97 Å². The summed E-state index contributed by atoms with van der Waals surface area (Å²) in [5.41, 5.74) is 9.23. The quantitative estimate of drug-likeness (QED) is 0.757. The lowest BCUT2D eigenvalue weighted by molar-refractivity contribution is 1.23. The maximum absolute atomic E-state index is 11.3. The number of aromatic amines is 1. The average molecular weight is 322 g/mol. The summed E-state index contributed by atoms with van der Waals surface area (Å²) in [4.78, 5) is 20.6. The van der Waals surface area contributed by atoms with Crippen molar-refractivity contribution in [3.05, 3.63) is 56.1 Å². The Morgan fingerprint density at radius 1 is 1.26 bits per heavy atom. The number of aryl methyl sites for hydroxylation is 2. The lowest BCUT2D eigenvalue weighted by atomic mass is 10.00. The van der Waals surface area contributed by atoms with E-state index < -0.39 is 0 Å². The van der Waals surface area contributed by atoms with Gasteiger partial charge in [0.05, 0.1) is 5.69 Å². The highest BCUT2D eigenvalue weighted by atomic mass is 32.1. The molecule has 23 heavy (non-hydrogen) atoms. The van der Waals surface area contributed by atoms with Crippen molar-refractivity contribution in [2.24, 2.45) is 0 Å². The standard InChI is InChI=1S/C17H14N4OS/c1-9-5-12(10(2)23-9)15-6-13(14(7-18)17(19)21-15)11-3-4-16(22)20-8-11/h3-6,8H,1-2H3,(H2,19,21)(H,20,22). The molecule has 0 aliphatic heterocycles. The molecule has 0 radical (unpaired) electrons. The number of hydrogen-bond donors (Lipinski definition) is 2. The minimum Gasteiger partial charge on any atom is -0.383 e. The molecule has 6 heteroatoms. The number of nitrogens with zero attached hydrogens (tertiary/aromatic N) is 2. The summed E-state index contributed by atoms with van der Waals surface area (Å²) in [6.07, 6.45) is 1.58. The predicted octanol–water partition coefficient (Wildman–Crippen LogP) is 3.24. The second-order valence-corrected chi connectivity index (χ2v) is 6.66. The summed E-state index contributed by atoms with van der Waals surface area (Å²) in [5, 5.41) is 9.40. The first kappa shape index (κ1) is 15.0. The molecule has 0 aliphatic carbocycles. The summed E-state index contributed by atoms with van der Waals surface area (Å²) in [7, 11) is 0. The molecule has 0 aliphatic rings. The first-order valence-electron chi connectivity index (χ1n) is 6.96. The number of pyridine rings is 2. The highest BCUT2D eigenvalue weighted by Crippen LogP contribution is 2.34. The van der Waals surface area contributed by atoms with Gasteiger partial charge < -0.3 is 10.7 Å². The van der Waals surface area contributed by atoms with Crippen molar-refractivity contribution in [3.63, 3.8) is 0 Å². The predicted molar refractivity (Wildman–Crippen MR) is 92.2 cm³/mol. The number of anilines is 1. The first-order chi connectivity index (χ1) is 11.0. The van der Waals surface area contributed by atoms with Crippen LogP contribution in [0.1, 0.15) is 15.3 Å². The summed E-state index contributed by atoms with van der Waals surface area (Å²) in [5.74, 6) is 0.189. The molecule has 3 rings (SSSR count). The Hall–Kier alpha value is -2.91. The fraction of sp³-hybridized carbons (Fsp3) is 0.118.